The van der Waals surface area contributed by atoms with Crippen molar-refractivity contribution in [2.45, 2.75) is 39.5 Å². The van der Waals surface area contributed by atoms with Gasteiger partial charge in [0, 0.05) is 19.0 Å². The van der Waals surface area contributed by atoms with Gasteiger partial charge in [0.25, 0.3) is 0 Å². The van der Waals surface area contributed by atoms with Gasteiger partial charge in [0.1, 0.15) is 5.82 Å². The third-order valence-corrected chi connectivity index (χ3v) is 4.10. The molecule has 20 heavy (non-hydrogen) atoms. The molecule has 1 aliphatic heterocycles. The molecule has 0 radical (unpaired) electrons. The van der Waals surface area contributed by atoms with E-state index in [-0.39, 0.29) is 17.6 Å². The minimum atomic E-state index is -0.113. The van der Waals surface area contributed by atoms with Crippen molar-refractivity contribution >= 4 is 5.91 Å². The number of hydrogen-bond acceptors (Lipinski definition) is 1. The van der Waals surface area contributed by atoms with Crippen LogP contribution in [0.15, 0.2) is 24.3 Å². The van der Waals surface area contributed by atoms with Crippen molar-refractivity contribution in [3.63, 3.8) is 0 Å². The third kappa shape index (κ3) is 3.81. The van der Waals surface area contributed by atoms with Gasteiger partial charge in [-0.05, 0) is 43.2 Å². The molecule has 1 aromatic carbocycles. The fourth-order valence-corrected chi connectivity index (χ4v) is 2.93. The van der Waals surface area contributed by atoms with Crippen molar-refractivity contribution in [2.75, 3.05) is 13.1 Å². The van der Waals surface area contributed by atoms with E-state index in [9.17, 15) is 9.18 Å². The lowest BCUT2D eigenvalue weighted by molar-refractivity contribution is -0.136. The Labute approximate surface area is 121 Å². The molecule has 0 N–H and O–H groups in total. The molecule has 1 atom stereocenters. The monoisotopic (exact) mass is 277 g/mol. The second kappa shape index (κ2) is 6.87. The third-order valence-electron chi connectivity index (χ3n) is 4.10. The maximum atomic E-state index is 13.6. The van der Waals surface area contributed by atoms with Crippen LogP contribution in [-0.4, -0.2) is 23.9 Å². The second-order valence-corrected chi connectivity index (χ2v) is 6.08. The summed E-state index contributed by atoms with van der Waals surface area (Å²) in [6, 6.07) is 6.98. The Morgan fingerprint density at radius 2 is 2.15 bits per heavy atom. The quantitative estimate of drug-likeness (QED) is 0.822. The molecule has 2 rings (SSSR count). The molecular weight excluding hydrogens is 253 g/mol. The number of nitrogens with zero attached hydrogens (tertiary/aromatic N) is 1. The number of carbonyl (C=O) groups is 1. The average Bonchev–Trinajstić information content (AvgIpc) is 2.46. The van der Waals surface area contributed by atoms with E-state index in [4.69, 9.17) is 0 Å². The number of hydrogen-bond donors (Lipinski definition) is 0. The Morgan fingerprint density at radius 1 is 1.40 bits per heavy atom. The van der Waals surface area contributed by atoms with Gasteiger partial charge in [0.2, 0.25) is 5.91 Å². The number of amides is 1. The van der Waals surface area contributed by atoms with Gasteiger partial charge in [-0.15, -0.1) is 0 Å². The van der Waals surface area contributed by atoms with Crippen molar-refractivity contribution in [1.82, 2.24) is 4.90 Å². The van der Waals surface area contributed by atoms with Crippen LogP contribution in [0.3, 0.4) is 0 Å². The minimum Gasteiger partial charge on any atom is -0.342 e. The lowest BCUT2D eigenvalue weighted by atomic mass is 9.91. The topological polar surface area (TPSA) is 20.3 Å². The van der Waals surface area contributed by atoms with E-state index in [2.05, 4.69) is 0 Å². The smallest absolute Gasteiger partial charge is 0.225 e. The van der Waals surface area contributed by atoms with Crippen LogP contribution in [0.1, 0.15) is 38.7 Å². The van der Waals surface area contributed by atoms with Gasteiger partial charge in [-0.25, -0.2) is 4.39 Å². The summed E-state index contributed by atoms with van der Waals surface area (Å²) in [6.07, 6.45) is 3.95. The fourth-order valence-electron chi connectivity index (χ4n) is 2.93. The van der Waals surface area contributed by atoms with Crippen LogP contribution in [0.25, 0.3) is 0 Å². The number of carbonyl (C=O) groups excluding carboxylic acids is 1. The van der Waals surface area contributed by atoms with E-state index in [0.717, 1.165) is 44.3 Å². The first kappa shape index (κ1) is 15.0. The Kier molecular flexibility index (Phi) is 5.16. The normalized spacial score (nSPS) is 19.4. The number of benzene rings is 1. The Bertz CT molecular complexity index is 458. The molecule has 0 aliphatic carbocycles. The number of likely N-dealkylation sites (tertiary alicyclic amines) is 1. The Balaban J connectivity index is 1.87. The Hall–Kier alpha value is -1.38. The van der Waals surface area contributed by atoms with Crippen molar-refractivity contribution in [1.29, 1.82) is 0 Å². The van der Waals surface area contributed by atoms with Gasteiger partial charge in [0.15, 0.2) is 0 Å². The highest BCUT2D eigenvalue weighted by molar-refractivity contribution is 5.78. The van der Waals surface area contributed by atoms with Gasteiger partial charge in [-0.2, -0.15) is 0 Å². The number of aryl methyl sites for hydroxylation is 1. The molecular formula is C17H24FNO. The van der Waals surface area contributed by atoms with Gasteiger partial charge >= 0.3 is 0 Å². The highest BCUT2D eigenvalue weighted by Crippen LogP contribution is 2.23. The predicted octanol–water partition coefficient (Wildman–Crippen LogP) is 3.65. The summed E-state index contributed by atoms with van der Waals surface area (Å²) < 4.78 is 13.6. The van der Waals surface area contributed by atoms with Crippen LogP contribution in [-0.2, 0) is 11.2 Å². The van der Waals surface area contributed by atoms with E-state index in [1.807, 2.05) is 30.9 Å². The molecule has 110 valence electrons. The van der Waals surface area contributed by atoms with Gasteiger partial charge in [-0.3, -0.25) is 4.79 Å². The zero-order valence-electron chi connectivity index (χ0n) is 12.4. The van der Waals surface area contributed by atoms with Gasteiger partial charge in [0.05, 0.1) is 0 Å². The highest BCUT2D eigenvalue weighted by atomic mass is 19.1. The average molecular weight is 277 g/mol. The summed E-state index contributed by atoms with van der Waals surface area (Å²) in [5, 5.41) is 0. The van der Waals surface area contributed by atoms with Gasteiger partial charge in [-0.1, -0.05) is 32.0 Å². The number of rotatable bonds is 4. The zero-order valence-corrected chi connectivity index (χ0v) is 12.4. The maximum absolute atomic E-state index is 13.6. The van der Waals surface area contributed by atoms with E-state index < -0.39 is 0 Å². The molecule has 1 saturated heterocycles. The molecule has 1 amide bonds. The molecule has 2 nitrogen and oxygen atoms in total. The summed E-state index contributed by atoms with van der Waals surface area (Å²) >= 11 is 0. The van der Waals surface area contributed by atoms with E-state index in [1.54, 1.807) is 6.07 Å². The largest absolute Gasteiger partial charge is 0.342 e. The first-order valence-electron chi connectivity index (χ1n) is 7.60. The maximum Gasteiger partial charge on any atom is 0.225 e. The SMILES string of the molecule is CC(C)C(=O)N1CCCC(CCc2ccccc2F)C1. The van der Waals surface area contributed by atoms with Crippen molar-refractivity contribution in [3.8, 4) is 0 Å². The molecule has 3 heteroatoms. The number of halogens is 1. The van der Waals surface area contributed by atoms with Crippen LogP contribution in [0.4, 0.5) is 4.39 Å². The lowest BCUT2D eigenvalue weighted by Gasteiger charge is -2.34. The second-order valence-electron chi connectivity index (χ2n) is 6.08. The van der Waals surface area contributed by atoms with Crippen molar-refractivity contribution < 1.29 is 9.18 Å². The van der Waals surface area contributed by atoms with Crippen LogP contribution in [0, 0.1) is 17.7 Å². The van der Waals surface area contributed by atoms with Crippen LogP contribution < -0.4 is 0 Å². The molecule has 1 fully saturated rings. The van der Waals surface area contributed by atoms with Crippen LogP contribution in [0.5, 0.6) is 0 Å². The van der Waals surface area contributed by atoms with Crippen molar-refractivity contribution in [3.05, 3.63) is 35.6 Å². The Morgan fingerprint density at radius 3 is 2.85 bits per heavy atom. The summed E-state index contributed by atoms with van der Waals surface area (Å²) in [5.74, 6) is 0.713. The van der Waals surface area contributed by atoms with Crippen molar-refractivity contribution in [2.24, 2.45) is 11.8 Å². The summed E-state index contributed by atoms with van der Waals surface area (Å²) in [7, 11) is 0. The summed E-state index contributed by atoms with van der Waals surface area (Å²) in [4.78, 5) is 14.0. The molecule has 1 aliphatic rings. The van der Waals surface area contributed by atoms with Gasteiger partial charge < -0.3 is 4.90 Å². The van der Waals surface area contributed by atoms with Crippen LogP contribution in [0.2, 0.25) is 0 Å². The first-order chi connectivity index (χ1) is 9.58. The first-order valence-corrected chi connectivity index (χ1v) is 7.60. The molecule has 1 heterocycles. The molecule has 0 spiro atoms. The number of piperidine rings is 1. The standard InChI is InChI=1S/C17H24FNO/c1-13(2)17(20)19-11-5-6-14(12-19)9-10-15-7-3-4-8-16(15)18/h3-4,7-8,13-14H,5-6,9-12H2,1-2H3. The molecule has 0 aromatic heterocycles. The highest BCUT2D eigenvalue weighted by Gasteiger charge is 2.24. The van der Waals surface area contributed by atoms with E-state index >= 15 is 0 Å². The molecule has 0 bridgehead atoms. The molecule has 0 saturated carbocycles. The molecule has 1 aromatic rings. The molecule has 1 unspecified atom stereocenters. The fraction of sp³-hybridized carbons (Fsp3) is 0.588. The summed E-state index contributed by atoms with van der Waals surface area (Å²) in [5.41, 5.74) is 0.791. The van der Waals surface area contributed by atoms with Crippen LogP contribution >= 0.6 is 0 Å². The van der Waals surface area contributed by atoms with E-state index in [1.165, 1.54) is 6.07 Å². The van der Waals surface area contributed by atoms with E-state index in [0.29, 0.717) is 5.92 Å². The zero-order chi connectivity index (χ0) is 14.5. The summed E-state index contributed by atoms with van der Waals surface area (Å²) in [6.45, 7) is 5.62. The lowest BCUT2D eigenvalue weighted by Crippen LogP contribution is -2.42. The predicted molar refractivity (Wildman–Crippen MR) is 78.9 cm³/mol. The minimum absolute atomic E-state index is 0.0697.